The van der Waals surface area contributed by atoms with Crippen LogP contribution in [0.4, 0.5) is 11.4 Å². The first-order valence-electron chi connectivity index (χ1n) is 7.59. The molecule has 1 unspecified atom stereocenters. The predicted octanol–water partition coefficient (Wildman–Crippen LogP) is 3.39. The van der Waals surface area contributed by atoms with E-state index >= 15 is 0 Å². The van der Waals surface area contributed by atoms with Crippen molar-refractivity contribution in [1.29, 1.82) is 0 Å². The first-order chi connectivity index (χ1) is 11.2. The Morgan fingerprint density at radius 3 is 2.91 bits per heavy atom. The molecule has 120 valence electrons. The van der Waals surface area contributed by atoms with Gasteiger partial charge in [0.05, 0.1) is 18.0 Å². The Morgan fingerprint density at radius 2 is 2.22 bits per heavy atom. The van der Waals surface area contributed by atoms with Gasteiger partial charge in [0, 0.05) is 23.9 Å². The topological polar surface area (TPSA) is 63.2 Å². The highest BCUT2D eigenvalue weighted by Crippen LogP contribution is 2.19. The molecule has 2 heterocycles. The maximum atomic E-state index is 12.0. The van der Waals surface area contributed by atoms with E-state index in [9.17, 15) is 4.79 Å². The van der Waals surface area contributed by atoms with Crippen molar-refractivity contribution in [3.63, 3.8) is 0 Å². The molecule has 1 atom stereocenters. The van der Waals surface area contributed by atoms with Crippen LogP contribution in [-0.4, -0.2) is 30.1 Å². The molecule has 1 saturated heterocycles. The first-order valence-corrected chi connectivity index (χ1v) is 7.97. The zero-order valence-corrected chi connectivity index (χ0v) is 13.3. The normalized spacial score (nSPS) is 17.0. The summed E-state index contributed by atoms with van der Waals surface area (Å²) in [5, 5.41) is 6.70. The second-order valence-electron chi connectivity index (χ2n) is 5.41. The maximum Gasteiger partial charge on any atom is 0.269 e. The summed E-state index contributed by atoms with van der Waals surface area (Å²) in [7, 11) is 0. The summed E-state index contributed by atoms with van der Waals surface area (Å²) in [6, 6.07) is 10.9. The lowest BCUT2D eigenvalue weighted by atomic mass is 10.2. The third kappa shape index (κ3) is 4.43. The number of pyridine rings is 1. The lowest BCUT2D eigenvalue weighted by molar-refractivity contribution is 0.0854. The summed E-state index contributed by atoms with van der Waals surface area (Å²) in [6.07, 6.45) is 3.81. The number of aromatic nitrogens is 1. The van der Waals surface area contributed by atoms with Crippen LogP contribution in [0.2, 0.25) is 5.02 Å². The minimum atomic E-state index is -0.185. The molecule has 2 aromatic rings. The summed E-state index contributed by atoms with van der Waals surface area (Å²) in [5.74, 6) is -0.185. The Hall–Kier alpha value is -2.11. The number of anilines is 2. The number of amides is 1. The second kappa shape index (κ2) is 7.44. The molecule has 5 nitrogen and oxygen atoms in total. The number of nitrogens with one attached hydrogen (secondary N) is 2. The molecule has 6 heteroatoms. The molecule has 1 aromatic heterocycles. The van der Waals surface area contributed by atoms with Crippen LogP contribution >= 0.6 is 11.6 Å². The fourth-order valence-corrected chi connectivity index (χ4v) is 2.63. The van der Waals surface area contributed by atoms with Crippen molar-refractivity contribution in [3.05, 3.63) is 53.3 Å². The summed E-state index contributed by atoms with van der Waals surface area (Å²) >= 11 is 5.95. The van der Waals surface area contributed by atoms with Gasteiger partial charge in [0.25, 0.3) is 5.91 Å². The molecule has 0 bridgehead atoms. The Bertz CT molecular complexity index is 670. The fraction of sp³-hybridized carbons (Fsp3) is 0.294. The second-order valence-corrected chi connectivity index (χ2v) is 5.85. The number of hydrogen-bond donors (Lipinski definition) is 2. The average molecular weight is 332 g/mol. The molecule has 0 radical (unpaired) electrons. The van der Waals surface area contributed by atoms with E-state index in [4.69, 9.17) is 16.3 Å². The molecule has 3 rings (SSSR count). The van der Waals surface area contributed by atoms with Crippen LogP contribution < -0.4 is 10.6 Å². The van der Waals surface area contributed by atoms with E-state index in [1.54, 1.807) is 12.3 Å². The molecule has 0 saturated carbocycles. The van der Waals surface area contributed by atoms with E-state index in [1.807, 2.05) is 30.3 Å². The molecule has 2 N–H and O–H groups in total. The Balaban J connectivity index is 1.56. The van der Waals surface area contributed by atoms with E-state index in [0.717, 1.165) is 30.8 Å². The van der Waals surface area contributed by atoms with Crippen molar-refractivity contribution < 1.29 is 9.53 Å². The minimum absolute atomic E-state index is 0.128. The SMILES string of the molecule is O=C(NCC1CCCO1)c1ccc(Nc2cccc(Cl)c2)cn1. The number of ether oxygens (including phenoxy) is 1. The van der Waals surface area contributed by atoms with Gasteiger partial charge >= 0.3 is 0 Å². The Morgan fingerprint density at radius 1 is 1.30 bits per heavy atom. The van der Waals surface area contributed by atoms with Crippen LogP contribution in [0.1, 0.15) is 23.3 Å². The van der Waals surface area contributed by atoms with Crippen molar-refractivity contribution in [3.8, 4) is 0 Å². The van der Waals surface area contributed by atoms with Crippen molar-refractivity contribution >= 4 is 28.9 Å². The lowest BCUT2D eigenvalue weighted by Crippen LogP contribution is -2.32. The van der Waals surface area contributed by atoms with Crippen LogP contribution in [0, 0.1) is 0 Å². The van der Waals surface area contributed by atoms with Gasteiger partial charge in [-0.05, 0) is 43.2 Å². The van der Waals surface area contributed by atoms with Gasteiger partial charge in [0.2, 0.25) is 0 Å². The number of benzene rings is 1. The van der Waals surface area contributed by atoms with E-state index < -0.39 is 0 Å². The highest BCUT2D eigenvalue weighted by Gasteiger charge is 2.17. The van der Waals surface area contributed by atoms with Gasteiger partial charge in [0.15, 0.2) is 0 Å². The molecule has 0 aliphatic carbocycles. The van der Waals surface area contributed by atoms with Gasteiger partial charge in [-0.2, -0.15) is 0 Å². The van der Waals surface area contributed by atoms with E-state index in [2.05, 4.69) is 15.6 Å². The molecule has 1 amide bonds. The van der Waals surface area contributed by atoms with Crippen LogP contribution in [-0.2, 0) is 4.74 Å². The number of halogens is 1. The maximum absolute atomic E-state index is 12.0. The first kappa shape index (κ1) is 15.8. The van der Waals surface area contributed by atoms with Gasteiger partial charge in [-0.3, -0.25) is 4.79 Å². The molecule has 1 aromatic carbocycles. The zero-order valence-electron chi connectivity index (χ0n) is 12.6. The van der Waals surface area contributed by atoms with Crippen molar-refractivity contribution in [2.45, 2.75) is 18.9 Å². The summed E-state index contributed by atoms with van der Waals surface area (Å²) in [5.41, 5.74) is 2.05. The number of carbonyl (C=O) groups excluding carboxylic acids is 1. The molecule has 1 fully saturated rings. The quantitative estimate of drug-likeness (QED) is 0.881. The lowest BCUT2D eigenvalue weighted by Gasteiger charge is -2.11. The van der Waals surface area contributed by atoms with E-state index in [0.29, 0.717) is 17.3 Å². The molecular weight excluding hydrogens is 314 g/mol. The fourth-order valence-electron chi connectivity index (χ4n) is 2.44. The zero-order chi connectivity index (χ0) is 16.1. The van der Waals surface area contributed by atoms with Gasteiger partial charge in [-0.15, -0.1) is 0 Å². The monoisotopic (exact) mass is 331 g/mol. The molecule has 0 spiro atoms. The number of carbonyl (C=O) groups is 1. The third-order valence-electron chi connectivity index (χ3n) is 3.62. The largest absolute Gasteiger partial charge is 0.376 e. The predicted molar refractivity (Wildman–Crippen MR) is 90.3 cm³/mol. The standard InChI is InChI=1S/C17H18ClN3O2/c18-12-3-1-4-13(9-12)21-14-6-7-16(19-10-14)17(22)20-11-15-5-2-8-23-15/h1,3-4,6-7,9-10,15,21H,2,5,8,11H2,(H,20,22). The van der Waals surface area contributed by atoms with Crippen molar-refractivity contribution in [2.75, 3.05) is 18.5 Å². The summed E-state index contributed by atoms with van der Waals surface area (Å²) in [6.45, 7) is 1.31. The molecular formula is C17H18ClN3O2. The van der Waals surface area contributed by atoms with E-state index in [1.165, 1.54) is 0 Å². The van der Waals surface area contributed by atoms with Crippen LogP contribution in [0.15, 0.2) is 42.6 Å². The number of nitrogens with zero attached hydrogens (tertiary/aromatic N) is 1. The van der Waals surface area contributed by atoms with Crippen molar-refractivity contribution in [2.24, 2.45) is 0 Å². The molecule has 1 aliphatic heterocycles. The Labute approximate surface area is 140 Å². The highest BCUT2D eigenvalue weighted by atomic mass is 35.5. The van der Waals surface area contributed by atoms with Gasteiger partial charge in [0.1, 0.15) is 5.69 Å². The third-order valence-corrected chi connectivity index (χ3v) is 3.86. The Kier molecular flexibility index (Phi) is 5.10. The minimum Gasteiger partial charge on any atom is -0.376 e. The smallest absolute Gasteiger partial charge is 0.269 e. The summed E-state index contributed by atoms with van der Waals surface area (Å²) in [4.78, 5) is 16.2. The summed E-state index contributed by atoms with van der Waals surface area (Å²) < 4.78 is 5.48. The molecule has 23 heavy (non-hydrogen) atoms. The number of hydrogen-bond acceptors (Lipinski definition) is 4. The number of rotatable bonds is 5. The van der Waals surface area contributed by atoms with Gasteiger partial charge < -0.3 is 15.4 Å². The van der Waals surface area contributed by atoms with Crippen molar-refractivity contribution in [1.82, 2.24) is 10.3 Å². The average Bonchev–Trinajstić information content (AvgIpc) is 3.07. The van der Waals surface area contributed by atoms with Gasteiger partial charge in [-0.1, -0.05) is 17.7 Å². The van der Waals surface area contributed by atoms with Gasteiger partial charge in [-0.25, -0.2) is 4.98 Å². The molecule has 1 aliphatic rings. The van der Waals surface area contributed by atoms with E-state index in [-0.39, 0.29) is 12.0 Å². The van der Waals surface area contributed by atoms with Crippen LogP contribution in [0.25, 0.3) is 0 Å². The van der Waals surface area contributed by atoms with Crippen LogP contribution in [0.3, 0.4) is 0 Å². The van der Waals surface area contributed by atoms with Crippen LogP contribution in [0.5, 0.6) is 0 Å². The highest BCUT2D eigenvalue weighted by molar-refractivity contribution is 6.30.